The van der Waals surface area contributed by atoms with Crippen molar-refractivity contribution in [2.24, 2.45) is 0 Å². The number of benzene rings is 1. The van der Waals surface area contributed by atoms with Gasteiger partial charge in [0.25, 0.3) is 0 Å². The number of aliphatic hydroxyl groups is 1. The second-order valence-corrected chi connectivity index (χ2v) is 3.75. The lowest BCUT2D eigenvalue weighted by atomic mass is 10.2. The zero-order valence-corrected chi connectivity index (χ0v) is 10.0. The first kappa shape index (κ1) is 12.7. The highest BCUT2D eigenvalue weighted by atomic mass is 19.1. The Morgan fingerprint density at radius 1 is 1.39 bits per heavy atom. The average molecular weight is 251 g/mol. The van der Waals surface area contributed by atoms with Gasteiger partial charge in [-0.05, 0) is 12.1 Å². The predicted molar refractivity (Wildman–Crippen MR) is 63.2 cm³/mol. The van der Waals surface area contributed by atoms with E-state index in [0.717, 1.165) is 0 Å². The van der Waals surface area contributed by atoms with Crippen LogP contribution in [0.2, 0.25) is 0 Å². The van der Waals surface area contributed by atoms with E-state index >= 15 is 0 Å². The molecule has 0 unspecified atom stereocenters. The molecule has 0 atom stereocenters. The molecule has 0 radical (unpaired) electrons. The number of aliphatic hydroxyl groups excluding tert-OH is 1. The second kappa shape index (κ2) is 5.70. The van der Waals surface area contributed by atoms with Crippen molar-refractivity contribution in [1.29, 1.82) is 0 Å². The van der Waals surface area contributed by atoms with Gasteiger partial charge in [0.15, 0.2) is 11.6 Å². The third kappa shape index (κ3) is 2.55. The molecule has 0 saturated heterocycles. The van der Waals surface area contributed by atoms with Gasteiger partial charge < -0.3 is 14.4 Å². The molecule has 0 bridgehead atoms. The van der Waals surface area contributed by atoms with E-state index in [1.807, 2.05) is 0 Å². The van der Waals surface area contributed by atoms with Crippen molar-refractivity contribution in [2.45, 2.75) is 13.2 Å². The Labute approximate surface area is 104 Å². The van der Waals surface area contributed by atoms with E-state index in [0.29, 0.717) is 30.4 Å². The maximum absolute atomic E-state index is 13.2. The van der Waals surface area contributed by atoms with Crippen LogP contribution in [-0.2, 0) is 17.9 Å². The summed E-state index contributed by atoms with van der Waals surface area (Å²) in [6.45, 7) is 0.755. The summed E-state index contributed by atoms with van der Waals surface area (Å²) >= 11 is 0. The Balaban J connectivity index is 2.40. The smallest absolute Gasteiger partial charge is 0.164 e. The number of ether oxygens (including phenoxy) is 1. The van der Waals surface area contributed by atoms with E-state index in [4.69, 9.17) is 4.74 Å². The summed E-state index contributed by atoms with van der Waals surface area (Å²) < 4.78 is 19.9. The third-order valence-corrected chi connectivity index (χ3v) is 2.57. The van der Waals surface area contributed by atoms with Crippen LogP contribution in [0.4, 0.5) is 4.39 Å². The molecule has 1 heterocycles. The topological polar surface area (TPSA) is 60.2 Å². The average Bonchev–Trinajstić information content (AvgIpc) is 2.79. The van der Waals surface area contributed by atoms with Crippen LogP contribution in [0.5, 0.6) is 0 Å². The van der Waals surface area contributed by atoms with Crippen molar-refractivity contribution in [3.05, 3.63) is 35.9 Å². The van der Waals surface area contributed by atoms with Gasteiger partial charge in [-0.25, -0.2) is 4.39 Å². The fourth-order valence-electron chi connectivity index (χ4n) is 1.71. The van der Waals surface area contributed by atoms with Crippen LogP contribution in [0.1, 0.15) is 5.82 Å². The van der Waals surface area contributed by atoms with Crippen molar-refractivity contribution in [3.8, 4) is 11.4 Å². The number of hydrogen-bond acceptors (Lipinski definition) is 4. The highest BCUT2D eigenvalue weighted by molar-refractivity contribution is 5.55. The van der Waals surface area contributed by atoms with Crippen LogP contribution < -0.4 is 0 Å². The van der Waals surface area contributed by atoms with Crippen LogP contribution in [-0.4, -0.2) is 33.6 Å². The maximum atomic E-state index is 13.2. The molecule has 1 N–H and O–H groups in total. The highest BCUT2D eigenvalue weighted by Crippen LogP contribution is 2.19. The van der Waals surface area contributed by atoms with Gasteiger partial charge in [-0.1, -0.05) is 12.1 Å². The monoisotopic (exact) mass is 251 g/mol. The van der Waals surface area contributed by atoms with Gasteiger partial charge in [0.1, 0.15) is 12.4 Å². The number of aromatic nitrogens is 3. The third-order valence-electron chi connectivity index (χ3n) is 2.57. The minimum absolute atomic E-state index is 0.216. The predicted octanol–water partition coefficient (Wildman–Crippen LogP) is 1.22. The maximum Gasteiger partial charge on any atom is 0.164 e. The molecule has 1 aromatic heterocycles. The first-order valence-corrected chi connectivity index (χ1v) is 5.54. The molecule has 0 amide bonds. The van der Waals surface area contributed by atoms with Gasteiger partial charge >= 0.3 is 0 Å². The molecule has 18 heavy (non-hydrogen) atoms. The Morgan fingerprint density at radius 3 is 2.89 bits per heavy atom. The first-order valence-electron chi connectivity index (χ1n) is 5.54. The number of methoxy groups -OCH3 is 1. The minimum atomic E-state index is -0.334. The second-order valence-electron chi connectivity index (χ2n) is 3.75. The van der Waals surface area contributed by atoms with Gasteiger partial charge in [-0.3, -0.25) is 0 Å². The SMILES string of the molecule is COCCn1c(CO)nnc1-c1cccc(F)c1. The van der Waals surface area contributed by atoms with Crippen LogP contribution in [0.25, 0.3) is 11.4 Å². The van der Waals surface area contributed by atoms with E-state index in [1.54, 1.807) is 23.8 Å². The summed E-state index contributed by atoms with van der Waals surface area (Å²) in [6.07, 6.45) is 0. The Kier molecular flexibility index (Phi) is 4.01. The number of nitrogens with zero attached hydrogens (tertiary/aromatic N) is 3. The molecule has 0 aliphatic heterocycles. The molecular formula is C12H14FN3O2. The molecule has 0 spiro atoms. The number of halogens is 1. The van der Waals surface area contributed by atoms with Crippen molar-refractivity contribution >= 4 is 0 Å². The van der Waals surface area contributed by atoms with Gasteiger partial charge in [0, 0.05) is 19.2 Å². The Bertz CT molecular complexity index is 528. The number of hydrogen-bond donors (Lipinski definition) is 1. The van der Waals surface area contributed by atoms with Crippen LogP contribution >= 0.6 is 0 Å². The molecule has 0 saturated carbocycles. The quantitative estimate of drug-likeness (QED) is 0.868. The van der Waals surface area contributed by atoms with Gasteiger partial charge in [0.05, 0.1) is 6.61 Å². The summed E-state index contributed by atoms with van der Waals surface area (Å²) in [5, 5.41) is 17.1. The van der Waals surface area contributed by atoms with E-state index < -0.39 is 0 Å². The molecule has 0 fully saturated rings. The first-order chi connectivity index (χ1) is 8.76. The summed E-state index contributed by atoms with van der Waals surface area (Å²) in [7, 11) is 1.59. The molecule has 5 nitrogen and oxygen atoms in total. The zero-order chi connectivity index (χ0) is 13.0. The lowest BCUT2D eigenvalue weighted by Gasteiger charge is -2.08. The molecule has 0 aliphatic rings. The van der Waals surface area contributed by atoms with Crippen LogP contribution in [0, 0.1) is 5.82 Å². The van der Waals surface area contributed by atoms with Crippen LogP contribution in [0.3, 0.4) is 0 Å². The molecule has 1 aromatic carbocycles. The van der Waals surface area contributed by atoms with Crippen molar-refractivity contribution < 1.29 is 14.2 Å². The lowest BCUT2D eigenvalue weighted by molar-refractivity contribution is 0.183. The van der Waals surface area contributed by atoms with E-state index in [9.17, 15) is 9.50 Å². The van der Waals surface area contributed by atoms with Crippen molar-refractivity contribution in [2.75, 3.05) is 13.7 Å². The molecule has 6 heteroatoms. The van der Waals surface area contributed by atoms with Crippen molar-refractivity contribution in [1.82, 2.24) is 14.8 Å². The van der Waals surface area contributed by atoms with Crippen LogP contribution in [0.15, 0.2) is 24.3 Å². The fraction of sp³-hybridized carbons (Fsp3) is 0.333. The number of rotatable bonds is 5. The van der Waals surface area contributed by atoms with Gasteiger partial charge in [0.2, 0.25) is 0 Å². The van der Waals surface area contributed by atoms with Gasteiger partial charge in [-0.2, -0.15) is 0 Å². The summed E-state index contributed by atoms with van der Waals surface area (Å²) in [6, 6.07) is 6.11. The molecule has 2 aromatic rings. The Morgan fingerprint density at radius 2 is 2.22 bits per heavy atom. The molecule has 0 aliphatic carbocycles. The van der Waals surface area contributed by atoms with Gasteiger partial charge in [-0.15, -0.1) is 10.2 Å². The van der Waals surface area contributed by atoms with E-state index in [-0.39, 0.29) is 12.4 Å². The summed E-state index contributed by atoms with van der Waals surface area (Å²) in [5.74, 6) is 0.626. The van der Waals surface area contributed by atoms with Crippen molar-refractivity contribution in [3.63, 3.8) is 0 Å². The minimum Gasteiger partial charge on any atom is -0.388 e. The highest BCUT2D eigenvalue weighted by Gasteiger charge is 2.13. The standard InChI is InChI=1S/C12H14FN3O2/c1-18-6-5-16-11(8-17)14-15-12(16)9-3-2-4-10(13)7-9/h2-4,7,17H,5-6,8H2,1H3. The molecule has 2 rings (SSSR count). The lowest BCUT2D eigenvalue weighted by Crippen LogP contribution is -2.10. The Hall–Kier alpha value is -1.79. The summed E-state index contributed by atoms with van der Waals surface area (Å²) in [5.41, 5.74) is 0.623. The molecular weight excluding hydrogens is 237 g/mol. The zero-order valence-electron chi connectivity index (χ0n) is 10.0. The summed E-state index contributed by atoms with van der Waals surface area (Å²) in [4.78, 5) is 0. The molecule has 96 valence electrons. The largest absolute Gasteiger partial charge is 0.388 e. The normalized spacial score (nSPS) is 10.8. The van der Waals surface area contributed by atoms with E-state index in [1.165, 1.54) is 12.1 Å². The van der Waals surface area contributed by atoms with E-state index in [2.05, 4.69) is 10.2 Å². The fourth-order valence-corrected chi connectivity index (χ4v) is 1.71.